The summed E-state index contributed by atoms with van der Waals surface area (Å²) in [7, 11) is 0.700. The largest absolute Gasteiger partial charge is 0.489 e. The number of hydrogen-bond donors (Lipinski definition) is 1. The SMILES string of the molecule is CCNCc1cccc(C)c1PC(CC)(CC)c1ccccc1OCc1ccccc1. The third kappa shape index (κ3) is 5.76. The molecule has 0 aromatic heterocycles. The molecule has 0 bridgehead atoms. The molecule has 0 aliphatic rings. The van der Waals surface area contributed by atoms with Gasteiger partial charge in [-0.05, 0) is 54.4 Å². The average molecular weight is 434 g/mol. The smallest absolute Gasteiger partial charge is 0.123 e. The van der Waals surface area contributed by atoms with Crippen LogP contribution in [0.5, 0.6) is 5.75 Å². The summed E-state index contributed by atoms with van der Waals surface area (Å²) in [6.07, 6.45) is 2.17. The van der Waals surface area contributed by atoms with Crippen LogP contribution in [0, 0.1) is 6.92 Å². The van der Waals surface area contributed by atoms with Crippen LogP contribution in [0.1, 0.15) is 55.9 Å². The van der Waals surface area contributed by atoms with Crippen LogP contribution >= 0.6 is 8.58 Å². The normalized spacial score (nSPS) is 11.9. The summed E-state index contributed by atoms with van der Waals surface area (Å²) in [4.78, 5) is 0. The zero-order valence-electron chi connectivity index (χ0n) is 19.4. The number of aryl methyl sites for hydroxylation is 1. The van der Waals surface area contributed by atoms with Crippen LogP contribution in [0.25, 0.3) is 0 Å². The molecule has 2 nitrogen and oxygen atoms in total. The number of rotatable bonds is 11. The Morgan fingerprint density at radius 2 is 1.55 bits per heavy atom. The van der Waals surface area contributed by atoms with E-state index in [1.165, 1.54) is 27.6 Å². The maximum Gasteiger partial charge on any atom is 0.123 e. The first-order valence-corrected chi connectivity index (χ1v) is 12.5. The lowest BCUT2D eigenvalue weighted by Gasteiger charge is -2.35. The van der Waals surface area contributed by atoms with E-state index in [4.69, 9.17) is 4.74 Å². The van der Waals surface area contributed by atoms with Gasteiger partial charge in [0.2, 0.25) is 0 Å². The minimum atomic E-state index is 0.0698. The van der Waals surface area contributed by atoms with Gasteiger partial charge in [0.05, 0.1) is 0 Å². The highest BCUT2D eigenvalue weighted by Gasteiger charge is 2.33. The van der Waals surface area contributed by atoms with Crippen LogP contribution in [-0.4, -0.2) is 6.54 Å². The van der Waals surface area contributed by atoms with Crippen molar-refractivity contribution in [3.8, 4) is 5.75 Å². The standard InChI is InChI=1S/C28H36NOP/c1-5-28(6-2,31-27-22(4)14-13-17-24(27)20-29-7-3)25-18-11-12-19-26(25)30-21-23-15-9-8-10-16-23/h8-19,29,31H,5-7,20-21H2,1-4H3. The fourth-order valence-electron chi connectivity index (χ4n) is 4.15. The summed E-state index contributed by atoms with van der Waals surface area (Å²) in [5, 5.41) is 5.10. The fourth-order valence-corrected chi connectivity index (χ4v) is 5.94. The maximum atomic E-state index is 6.39. The molecular formula is C28H36NOP. The van der Waals surface area contributed by atoms with Crippen LogP contribution < -0.4 is 15.4 Å². The number of para-hydroxylation sites is 1. The lowest BCUT2D eigenvalue weighted by atomic mass is 9.92. The molecule has 3 aromatic rings. The average Bonchev–Trinajstić information content (AvgIpc) is 2.82. The Morgan fingerprint density at radius 3 is 2.26 bits per heavy atom. The number of nitrogens with one attached hydrogen (secondary N) is 1. The van der Waals surface area contributed by atoms with Gasteiger partial charge in [0.25, 0.3) is 0 Å². The van der Waals surface area contributed by atoms with Crippen molar-refractivity contribution in [2.75, 3.05) is 6.54 Å². The van der Waals surface area contributed by atoms with Gasteiger partial charge in [0.15, 0.2) is 0 Å². The quantitative estimate of drug-likeness (QED) is 0.340. The van der Waals surface area contributed by atoms with Crippen molar-refractivity contribution in [3.05, 3.63) is 95.1 Å². The highest BCUT2D eigenvalue weighted by atomic mass is 31.1. The van der Waals surface area contributed by atoms with E-state index in [1.54, 1.807) is 0 Å². The zero-order chi connectivity index (χ0) is 22.1. The summed E-state index contributed by atoms with van der Waals surface area (Å²) in [6.45, 7) is 11.6. The lowest BCUT2D eigenvalue weighted by molar-refractivity contribution is 0.298. The minimum Gasteiger partial charge on any atom is -0.489 e. The van der Waals surface area contributed by atoms with Crippen LogP contribution in [0.2, 0.25) is 0 Å². The molecule has 3 rings (SSSR count). The molecule has 0 fully saturated rings. The Labute approximate surface area is 190 Å². The number of hydrogen-bond acceptors (Lipinski definition) is 2. The second kappa shape index (κ2) is 11.5. The Morgan fingerprint density at radius 1 is 0.839 bits per heavy atom. The molecule has 3 aromatic carbocycles. The molecule has 1 N–H and O–H groups in total. The third-order valence-electron chi connectivity index (χ3n) is 6.14. The van der Waals surface area contributed by atoms with Gasteiger partial charge < -0.3 is 10.1 Å². The molecule has 0 radical (unpaired) electrons. The van der Waals surface area contributed by atoms with Crippen molar-refractivity contribution in [1.29, 1.82) is 0 Å². The molecule has 1 unspecified atom stereocenters. The van der Waals surface area contributed by atoms with Gasteiger partial charge in [-0.2, -0.15) is 0 Å². The van der Waals surface area contributed by atoms with Crippen LogP contribution in [0.4, 0.5) is 0 Å². The summed E-state index contributed by atoms with van der Waals surface area (Å²) >= 11 is 0. The van der Waals surface area contributed by atoms with Gasteiger partial charge in [-0.3, -0.25) is 0 Å². The van der Waals surface area contributed by atoms with E-state index in [0.29, 0.717) is 15.2 Å². The van der Waals surface area contributed by atoms with Crippen molar-refractivity contribution in [2.24, 2.45) is 0 Å². The molecule has 1 atom stereocenters. The topological polar surface area (TPSA) is 21.3 Å². The molecule has 0 heterocycles. The molecule has 0 amide bonds. The van der Waals surface area contributed by atoms with Gasteiger partial charge in [0, 0.05) is 17.3 Å². The molecule has 0 aliphatic heterocycles. The van der Waals surface area contributed by atoms with E-state index in [-0.39, 0.29) is 5.16 Å². The van der Waals surface area contributed by atoms with E-state index in [1.807, 2.05) is 6.07 Å². The van der Waals surface area contributed by atoms with Gasteiger partial charge in [-0.25, -0.2) is 0 Å². The Balaban J connectivity index is 1.95. The second-order valence-electron chi connectivity index (χ2n) is 8.07. The van der Waals surface area contributed by atoms with E-state index in [9.17, 15) is 0 Å². The summed E-state index contributed by atoms with van der Waals surface area (Å²) in [5.41, 5.74) is 5.36. The summed E-state index contributed by atoms with van der Waals surface area (Å²) in [6, 6.07) is 25.8. The Kier molecular flexibility index (Phi) is 8.69. The highest BCUT2D eigenvalue weighted by molar-refractivity contribution is 7.48. The molecule has 3 heteroatoms. The van der Waals surface area contributed by atoms with Crippen LogP contribution in [0.3, 0.4) is 0 Å². The first-order valence-electron chi connectivity index (χ1n) is 11.5. The van der Waals surface area contributed by atoms with E-state index in [0.717, 1.165) is 31.7 Å². The van der Waals surface area contributed by atoms with Gasteiger partial charge in [0.1, 0.15) is 12.4 Å². The summed E-state index contributed by atoms with van der Waals surface area (Å²) in [5.74, 6) is 1.02. The Hall–Kier alpha value is -2.15. The second-order valence-corrected chi connectivity index (χ2v) is 9.78. The number of benzene rings is 3. The van der Waals surface area contributed by atoms with Crippen molar-refractivity contribution < 1.29 is 4.74 Å². The first-order chi connectivity index (χ1) is 15.1. The predicted molar refractivity (Wildman–Crippen MR) is 136 cm³/mol. The van der Waals surface area contributed by atoms with E-state index >= 15 is 0 Å². The molecule has 0 aliphatic carbocycles. The van der Waals surface area contributed by atoms with Gasteiger partial charge in [-0.1, -0.05) is 96.1 Å². The van der Waals surface area contributed by atoms with Crippen molar-refractivity contribution in [2.45, 2.75) is 58.8 Å². The van der Waals surface area contributed by atoms with Crippen molar-refractivity contribution >= 4 is 13.9 Å². The molecule has 0 spiro atoms. The van der Waals surface area contributed by atoms with Crippen molar-refractivity contribution in [1.82, 2.24) is 5.32 Å². The minimum absolute atomic E-state index is 0.0698. The molecule has 164 valence electrons. The summed E-state index contributed by atoms with van der Waals surface area (Å²) < 4.78 is 6.39. The van der Waals surface area contributed by atoms with Crippen molar-refractivity contribution in [3.63, 3.8) is 0 Å². The number of ether oxygens (including phenoxy) is 1. The fraction of sp³-hybridized carbons (Fsp3) is 0.357. The Bertz CT molecular complexity index is 950. The van der Waals surface area contributed by atoms with E-state index in [2.05, 4.69) is 99.7 Å². The van der Waals surface area contributed by atoms with Crippen LogP contribution in [-0.2, 0) is 18.3 Å². The van der Waals surface area contributed by atoms with Gasteiger partial charge >= 0.3 is 0 Å². The first kappa shape index (κ1) is 23.5. The maximum absolute atomic E-state index is 6.39. The van der Waals surface area contributed by atoms with Gasteiger partial charge in [-0.15, -0.1) is 0 Å². The zero-order valence-corrected chi connectivity index (χ0v) is 20.4. The predicted octanol–water partition coefficient (Wildman–Crippen LogP) is 6.70. The molecular weight excluding hydrogens is 397 g/mol. The van der Waals surface area contributed by atoms with E-state index < -0.39 is 0 Å². The molecule has 0 saturated carbocycles. The molecule has 0 saturated heterocycles. The highest BCUT2D eigenvalue weighted by Crippen LogP contribution is 2.50. The third-order valence-corrected chi connectivity index (χ3v) is 8.56. The van der Waals surface area contributed by atoms with Crippen LogP contribution in [0.15, 0.2) is 72.8 Å². The lowest BCUT2D eigenvalue weighted by Crippen LogP contribution is -2.26. The monoisotopic (exact) mass is 433 g/mol. The molecule has 31 heavy (non-hydrogen) atoms.